The van der Waals surface area contributed by atoms with Gasteiger partial charge in [-0.05, 0) is 24.6 Å². The molecule has 0 unspecified atom stereocenters. The van der Waals surface area contributed by atoms with Gasteiger partial charge in [0.15, 0.2) is 0 Å². The number of hydrogen-bond donors (Lipinski definition) is 1. The highest BCUT2D eigenvalue weighted by Gasteiger charge is 2.20. The van der Waals surface area contributed by atoms with Crippen molar-refractivity contribution in [3.63, 3.8) is 0 Å². The molecule has 0 bridgehead atoms. The maximum absolute atomic E-state index is 12.3. The molecule has 1 heterocycles. The number of benzene rings is 1. The zero-order valence-electron chi connectivity index (χ0n) is 12.8. The van der Waals surface area contributed by atoms with Crippen LogP contribution < -0.4 is 10.5 Å². The molecule has 1 aromatic rings. The molecule has 5 heteroatoms. The summed E-state index contributed by atoms with van der Waals surface area (Å²) in [4.78, 5) is 16.5. The number of nitrogens with zero attached hydrogens (tertiary/aromatic N) is 2. The van der Waals surface area contributed by atoms with Crippen molar-refractivity contribution in [1.29, 1.82) is 0 Å². The number of piperazine rings is 1. The van der Waals surface area contributed by atoms with Gasteiger partial charge in [0, 0.05) is 39.3 Å². The number of hydrogen-bond acceptors (Lipinski definition) is 4. The van der Waals surface area contributed by atoms with E-state index in [4.69, 9.17) is 10.5 Å². The van der Waals surface area contributed by atoms with Crippen LogP contribution in [-0.4, -0.2) is 61.6 Å². The molecule has 0 radical (unpaired) electrons. The van der Waals surface area contributed by atoms with Crippen molar-refractivity contribution in [3.8, 4) is 5.75 Å². The van der Waals surface area contributed by atoms with Crippen LogP contribution in [0.3, 0.4) is 0 Å². The Kier molecular flexibility index (Phi) is 6.02. The van der Waals surface area contributed by atoms with Crippen molar-refractivity contribution >= 4 is 5.91 Å². The third kappa shape index (κ3) is 4.72. The molecule has 2 N–H and O–H groups in total. The van der Waals surface area contributed by atoms with Crippen LogP contribution in [-0.2, 0) is 11.2 Å². The van der Waals surface area contributed by atoms with Crippen molar-refractivity contribution in [2.75, 3.05) is 45.9 Å². The van der Waals surface area contributed by atoms with Gasteiger partial charge in [-0.2, -0.15) is 0 Å². The SMILES string of the molecule is CCOc1ccc(CC(=O)N2CCN(CCN)CC2)cc1. The van der Waals surface area contributed by atoms with Crippen LogP contribution in [0.2, 0.25) is 0 Å². The molecule has 0 aliphatic carbocycles. The van der Waals surface area contributed by atoms with Crippen molar-refractivity contribution in [2.45, 2.75) is 13.3 Å². The van der Waals surface area contributed by atoms with E-state index < -0.39 is 0 Å². The molecule has 1 aromatic carbocycles. The van der Waals surface area contributed by atoms with E-state index in [1.807, 2.05) is 36.1 Å². The highest BCUT2D eigenvalue weighted by molar-refractivity contribution is 5.78. The minimum Gasteiger partial charge on any atom is -0.494 e. The Labute approximate surface area is 126 Å². The Morgan fingerprint density at radius 3 is 2.43 bits per heavy atom. The van der Waals surface area contributed by atoms with E-state index >= 15 is 0 Å². The second-order valence-corrected chi connectivity index (χ2v) is 5.26. The van der Waals surface area contributed by atoms with Gasteiger partial charge >= 0.3 is 0 Å². The van der Waals surface area contributed by atoms with Crippen molar-refractivity contribution in [2.24, 2.45) is 5.73 Å². The lowest BCUT2D eigenvalue weighted by molar-refractivity contribution is -0.132. The first-order valence-electron chi connectivity index (χ1n) is 7.65. The summed E-state index contributed by atoms with van der Waals surface area (Å²) in [6, 6.07) is 7.78. The minimum absolute atomic E-state index is 0.201. The Hall–Kier alpha value is -1.59. The zero-order valence-corrected chi connectivity index (χ0v) is 12.8. The number of nitrogens with two attached hydrogens (primary N) is 1. The van der Waals surface area contributed by atoms with Crippen molar-refractivity contribution in [1.82, 2.24) is 9.80 Å². The van der Waals surface area contributed by atoms with E-state index in [2.05, 4.69) is 4.90 Å². The van der Waals surface area contributed by atoms with E-state index in [1.54, 1.807) is 0 Å². The van der Waals surface area contributed by atoms with Crippen LogP contribution in [0.1, 0.15) is 12.5 Å². The molecule has 1 saturated heterocycles. The van der Waals surface area contributed by atoms with E-state index in [0.717, 1.165) is 44.0 Å². The lowest BCUT2D eigenvalue weighted by Gasteiger charge is -2.34. The third-order valence-electron chi connectivity index (χ3n) is 3.76. The van der Waals surface area contributed by atoms with E-state index in [0.29, 0.717) is 19.6 Å². The van der Waals surface area contributed by atoms with Gasteiger partial charge in [-0.3, -0.25) is 9.69 Å². The first-order chi connectivity index (χ1) is 10.2. The number of rotatable bonds is 6. The molecular formula is C16H25N3O2. The molecule has 21 heavy (non-hydrogen) atoms. The third-order valence-corrected chi connectivity index (χ3v) is 3.76. The number of ether oxygens (including phenoxy) is 1. The summed E-state index contributed by atoms with van der Waals surface area (Å²) in [6.45, 7) is 7.66. The van der Waals surface area contributed by atoms with Gasteiger partial charge in [0.05, 0.1) is 13.0 Å². The summed E-state index contributed by atoms with van der Waals surface area (Å²) >= 11 is 0. The maximum atomic E-state index is 12.3. The average molecular weight is 291 g/mol. The normalized spacial score (nSPS) is 16.0. The Morgan fingerprint density at radius 2 is 1.86 bits per heavy atom. The second-order valence-electron chi connectivity index (χ2n) is 5.26. The molecule has 1 aliphatic heterocycles. The quantitative estimate of drug-likeness (QED) is 0.839. The number of carbonyl (C=O) groups is 1. The summed E-state index contributed by atoms with van der Waals surface area (Å²) in [7, 11) is 0. The summed E-state index contributed by atoms with van der Waals surface area (Å²) in [6.07, 6.45) is 0.462. The van der Waals surface area contributed by atoms with Crippen LogP contribution in [0, 0.1) is 0 Å². The molecule has 1 fully saturated rings. The van der Waals surface area contributed by atoms with E-state index in [1.165, 1.54) is 0 Å². The largest absolute Gasteiger partial charge is 0.494 e. The van der Waals surface area contributed by atoms with Crippen LogP contribution in [0.4, 0.5) is 0 Å². The number of carbonyl (C=O) groups excluding carboxylic acids is 1. The highest BCUT2D eigenvalue weighted by atomic mass is 16.5. The summed E-state index contributed by atoms with van der Waals surface area (Å²) in [5, 5.41) is 0. The van der Waals surface area contributed by atoms with Gasteiger partial charge in [-0.1, -0.05) is 12.1 Å². The lowest BCUT2D eigenvalue weighted by atomic mass is 10.1. The molecule has 0 spiro atoms. The van der Waals surface area contributed by atoms with E-state index in [-0.39, 0.29) is 5.91 Å². The van der Waals surface area contributed by atoms with Crippen LogP contribution >= 0.6 is 0 Å². The maximum Gasteiger partial charge on any atom is 0.227 e. The van der Waals surface area contributed by atoms with Crippen molar-refractivity contribution in [3.05, 3.63) is 29.8 Å². The first kappa shape index (κ1) is 15.8. The molecular weight excluding hydrogens is 266 g/mol. The fraction of sp³-hybridized carbons (Fsp3) is 0.562. The molecule has 0 aromatic heterocycles. The monoisotopic (exact) mass is 291 g/mol. The predicted molar refractivity (Wildman–Crippen MR) is 83.4 cm³/mol. The highest BCUT2D eigenvalue weighted by Crippen LogP contribution is 2.13. The van der Waals surface area contributed by atoms with Gasteiger partial charge in [0.2, 0.25) is 5.91 Å². The second kappa shape index (κ2) is 8.00. The smallest absolute Gasteiger partial charge is 0.227 e. The topological polar surface area (TPSA) is 58.8 Å². The standard InChI is InChI=1S/C16H25N3O2/c1-2-21-15-5-3-14(4-6-15)13-16(20)19-11-9-18(8-7-17)10-12-19/h3-6H,2,7-13,17H2,1H3. The van der Waals surface area contributed by atoms with Crippen LogP contribution in [0.5, 0.6) is 5.75 Å². The molecule has 116 valence electrons. The molecule has 1 aliphatic rings. The zero-order chi connectivity index (χ0) is 15.1. The average Bonchev–Trinajstić information content (AvgIpc) is 2.50. The lowest BCUT2D eigenvalue weighted by Crippen LogP contribution is -2.50. The number of amides is 1. The van der Waals surface area contributed by atoms with Gasteiger partial charge < -0.3 is 15.4 Å². The van der Waals surface area contributed by atoms with Crippen LogP contribution in [0.25, 0.3) is 0 Å². The summed E-state index contributed by atoms with van der Waals surface area (Å²) < 4.78 is 5.41. The molecule has 2 rings (SSSR count). The molecule has 5 nitrogen and oxygen atoms in total. The predicted octanol–water partition coefficient (Wildman–Crippen LogP) is 0.731. The summed E-state index contributed by atoms with van der Waals surface area (Å²) in [5.74, 6) is 1.05. The molecule has 0 atom stereocenters. The van der Waals surface area contributed by atoms with Gasteiger partial charge in [0.1, 0.15) is 5.75 Å². The van der Waals surface area contributed by atoms with Gasteiger partial charge in [0.25, 0.3) is 0 Å². The Balaban J connectivity index is 1.81. The van der Waals surface area contributed by atoms with Gasteiger partial charge in [-0.15, -0.1) is 0 Å². The van der Waals surface area contributed by atoms with E-state index in [9.17, 15) is 4.79 Å². The Bertz CT molecular complexity index is 439. The van der Waals surface area contributed by atoms with Crippen molar-refractivity contribution < 1.29 is 9.53 Å². The van der Waals surface area contributed by atoms with Gasteiger partial charge in [-0.25, -0.2) is 0 Å². The first-order valence-corrected chi connectivity index (χ1v) is 7.65. The summed E-state index contributed by atoms with van der Waals surface area (Å²) in [5.41, 5.74) is 6.59. The molecule has 1 amide bonds. The fourth-order valence-electron chi connectivity index (χ4n) is 2.56. The Morgan fingerprint density at radius 1 is 1.19 bits per heavy atom. The van der Waals surface area contributed by atoms with Crippen LogP contribution in [0.15, 0.2) is 24.3 Å². The minimum atomic E-state index is 0.201. The fourth-order valence-corrected chi connectivity index (χ4v) is 2.56. The molecule has 0 saturated carbocycles.